The predicted octanol–water partition coefficient (Wildman–Crippen LogP) is 2.68. The second-order valence-corrected chi connectivity index (χ2v) is 4.26. The zero-order valence-corrected chi connectivity index (χ0v) is 8.47. The summed E-state index contributed by atoms with van der Waals surface area (Å²) in [7, 11) is 0. The molecule has 1 heterocycles. The molecular formula is C11H21N. The van der Waals surface area contributed by atoms with E-state index in [0.29, 0.717) is 0 Å². The van der Waals surface area contributed by atoms with Gasteiger partial charge in [0.2, 0.25) is 0 Å². The Morgan fingerprint density at radius 3 is 2.92 bits per heavy atom. The Balaban J connectivity index is 2.18. The molecule has 1 fully saturated rings. The summed E-state index contributed by atoms with van der Waals surface area (Å²) >= 11 is 0. The summed E-state index contributed by atoms with van der Waals surface area (Å²) in [5, 5.41) is 0. The molecule has 0 spiro atoms. The Morgan fingerprint density at radius 1 is 1.58 bits per heavy atom. The monoisotopic (exact) mass is 167 g/mol. The Hall–Kier alpha value is -0.300. The van der Waals surface area contributed by atoms with Crippen LogP contribution in [-0.4, -0.2) is 24.5 Å². The number of likely N-dealkylation sites (tertiary alicyclic amines) is 1. The van der Waals surface area contributed by atoms with Crippen molar-refractivity contribution in [2.75, 3.05) is 19.6 Å². The third-order valence-electron chi connectivity index (χ3n) is 2.60. The van der Waals surface area contributed by atoms with E-state index in [0.717, 1.165) is 5.92 Å². The minimum absolute atomic E-state index is 0.906. The fraction of sp³-hybridized carbons (Fsp3) is 0.818. The highest BCUT2D eigenvalue weighted by Crippen LogP contribution is 2.15. The van der Waals surface area contributed by atoms with E-state index in [1.54, 1.807) is 0 Å². The fourth-order valence-electron chi connectivity index (χ4n) is 1.84. The Kier molecular flexibility index (Phi) is 3.80. The quantitative estimate of drug-likeness (QED) is 0.584. The zero-order chi connectivity index (χ0) is 8.97. The molecule has 0 bridgehead atoms. The lowest BCUT2D eigenvalue weighted by Crippen LogP contribution is -2.34. The van der Waals surface area contributed by atoms with Gasteiger partial charge in [0.25, 0.3) is 0 Å². The SMILES string of the molecule is C=C(C)CCN1CCCC(C)C1. The molecule has 0 aromatic carbocycles. The lowest BCUT2D eigenvalue weighted by atomic mass is 10.00. The van der Waals surface area contributed by atoms with E-state index < -0.39 is 0 Å². The molecule has 0 aromatic rings. The molecule has 0 N–H and O–H groups in total. The molecule has 1 nitrogen and oxygen atoms in total. The number of piperidine rings is 1. The van der Waals surface area contributed by atoms with Crippen molar-refractivity contribution in [2.24, 2.45) is 5.92 Å². The van der Waals surface area contributed by atoms with Gasteiger partial charge in [-0.05, 0) is 38.6 Å². The first-order valence-electron chi connectivity index (χ1n) is 5.05. The van der Waals surface area contributed by atoms with Gasteiger partial charge in [-0.1, -0.05) is 12.5 Å². The number of hydrogen-bond acceptors (Lipinski definition) is 1. The predicted molar refractivity (Wildman–Crippen MR) is 54.3 cm³/mol. The van der Waals surface area contributed by atoms with E-state index in [1.807, 2.05) is 0 Å². The molecule has 0 aromatic heterocycles. The summed E-state index contributed by atoms with van der Waals surface area (Å²) in [5.74, 6) is 0.906. The van der Waals surface area contributed by atoms with Gasteiger partial charge in [-0.15, -0.1) is 6.58 Å². The number of hydrogen-bond donors (Lipinski definition) is 0. The van der Waals surface area contributed by atoms with Gasteiger partial charge in [0.1, 0.15) is 0 Å². The topological polar surface area (TPSA) is 3.24 Å². The van der Waals surface area contributed by atoms with Crippen molar-refractivity contribution < 1.29 is 0 Å². The number of nitrogens with zero attached hydrogens (tertiary/aromatic N) is 1. The molecule has 1 saturated heterocycles. The van der Waals surface area contributed by atoms with E-state index in [1.165, 1.54) is 44.5 Å². The Morgan fingerprint density at radius 2 is 2.33 bits per heavy atom. The molecule has 1 heteroatoms. The molecule has 1 rings (SSSR count). The molecule has 1 atom stereocenters. The number of rotatable bonds is 3. The summed E-state index contributed by atoms with van der Waals surface area (Å²) in [6.07, 6.45) is 3.98. The largest absolute Gasteiger partial charge is 0.303 e. The van der Waals surface area contributed by atoms with Crippen LogP contribution in [0.4, 0.5) is 0 Å². The maximum atomic E-state index is 3.93. The first-order valence-corrected chi connectivity index (χ1v) is 5.05. The highest BCUT2D eigenvalue weighted by Gasteiger charge is 2.14. The van der Waals surface area contributed by atoms with E-state index in [-0.39, 0.29) is 0 Å². The lowest BCUT2D eigenvalue weighted by molar-refractivity contribution is 0.186. The second kappa shape index (κ2) is 4.66. The molecule has 70 valence electrons. The van der Waals surface area contributed by atoms with Crippen molar-refractivity contribution in [3.8, 4) is 0 Å². The second-order valence-electron chi connectivity index (χ2n) is 4.26. The van der Waals surface area contributed by atoms with Crippen molar-refractivity contribution in [3.63, 3.8) is 0 Å². The van der Waals surface area contributed by atoms with E-state index in [2.05, 4.69) is 25.3 Å². The van der Waals surface area contributed by atoms with Gasteiger partial charge in [-0.25, -0.2) is 0 Å². The minimum atomic E-state index is 0.906. The van der Waals surface area contributed by atoms with Crippen LogP contribution in [0.25, 0.3) is 0 Å². The van der Waals surface area contributed by atoms with Crippen LogP contribution in [0, 0.1) is 5.92 Å². The standard InChI is InChI=1S/C11H21N/c1-10(2)6-8-12-7-4-5-11(3)9-12/h11H,1,4-9H2,2-3H3. The van der Waals surface area contributed by atoms with Crippen LogP contribution in [0.15, 0.2) is 12.2 Å². The molecule has 12 heavy (non-hydrogen) atoms. The molecule has 1 aliphatic rings. The van der Waals surface area contributed by atoms with Crippen molar-refractivity contribution >= 4 is 0 Å². The average Bonchev–Trinajstić information content (AvgIpc) is 2.01. The molecule has 1 unspecified atom stereocenters. The van der Waals surface area contributed by atoms with Gasteiger partial charge in [0.15, 0.2) is 0 Å². The Bertz CT molecular complexity index is 151. The van der Waals surface area contributed by atoms with Crippen molar-refractivity contribution in [3.05, 3.63) is 12.2 Å². The zero-order valence-electron chi connectivity index (χ0n) is 8.47. The molecule has 1 aliphatic heterocycles. The lowest BCUT2D eigenvalue weighted by Gasteiger charge is -2.30. The minimum Gasteiger partial charge on any atom is -0.303 e. The summed E-state index contributed by atoms with van der Waals surface area (Å²) in [6.45, 7) is 12.2. The molecule has 0 aliphatic carbocycles. The summed E-state index contributed by atoms with van der Waals surface area (Å²) in [5.41, 5.74) is 1.31. The normalized spacial score (nSPS) is 25.7. The van der Waals surface area contributed by atoms with Crippen molar-refractivity contribution in [2.45, 2.75) is 33.1 Å². The van der Waals surface area contributed by atoms with E-state index >= 15 is 0 Å². The van der Waals surface area contributed by atoms with Gasteiger partial charge in [-0.3, -0.25) is 0 Å². The molecule has 0 amide bonds. The average molecular weight is 167 g/mol. The van der Waals surface area contributed by atoms with Gasteiger partial charge in [0, 0.05) is 13.1 Å². The highest BCUT2D eigenvalue weighted by molar-refractivity contribution is 4.89. The third-order valence-corrected chi connectivity index (χ3v) is 2.60. The van der Waals surface area contributed by atoms with Gasteiger partial charge in [-0.2, -0.15) is 0 Å². The summed E-state index contributed by atoms with van der Waals surface area (Å²) in [4.78, 5) is 2.57. The molecular weight excluding hydrogens is 146 g/mol. The van der Waals surface area contributed by atoms with Gasteiger partial charge < -0.3 is 4.90 Å². The Labute approximate surface area is 76.5 Å². The van der Waals surface area contributed by atoms with Crippen LogP contribution in [0.5, 0.6) is 0 Å². The van der Waals surface area contributed by atoms with Gasteiger partial charge >= 0.3 is 0 Å². The van der Waals surface area contributed by atoms with Crippen molar-refractivity contribution in [1.82, 2.24) is 4.90 Å². The van der Waals surface area contributed by atoms with Crippen LogP contribution in [0.3, 0.4) is 0 Å². The maximum absolute atomic E-state index is 3.93. The first-order chi connectivity index (χ1) is 5.68. The van der Waals surface area contributed by atoms with Crippen LogP contribution in [0.2, 0.25) is 0 Å². The summed E-state index contributed by atoms with van der Waals surface area (Å²) in [6, 6.07) is 0. The molecule has 0 radical (unpaired) electrons. The van der Waals surface area contributed by atoms with Crippen LogP contribution >= 0.6 is 0 Å². The third kappa shape index (κ3) is 3.40. The smallest absolute Gasteiger partial charge is 0.00185 e. The van der Waals surface area contributed by atoms with Crippen LogP contribution < -0.4 is 0 Å². The highest BCUT2D eigenvalue weighted by atomic mass is 15.1. The maximum Gasteiger partial charge on any atom is 0.00185 e. The summed E-state index contributed by atoms with van der Waals surface area (Å²) < 4.78 is 0. The first kappa shape index (κ1) is 9.79. The fourth-order valence-corrected chi connectivity index (χ4v) is 1.84. The van der Waals surface area contributed by atoms with Gasteiger partial charge in [0.05, 0.1) is 0 Å². The van der Waals surface area contributed by atoms with E-state index in [9.17, 15) is 0 Å². The van der Waals surface area contributed by atoms with E-state index in [4.69, 9.17) is 0 Å². The van der Waals surface area contributed by atoms with Crippen molar-refractivity contribution in [1.29, 1.82) is 0 Å². The van der Waals surface area contributed by atoms with Crippen LogP contribution in [0.1, 0.15) is 33.1 Å². The van der Waals surface area contributed by atoms with Crippen LogP contribution in [-0.2, 0) is 0 Å². The molecule has 0 saturated carbocycles.